The monoisotopic (exact) mass is 298 g/mol. The summed E-state index contributed by atoms with van der Waals surface area (Å²) >= 11 is 0. The van der Waals surface area contributed by atoms with E-state index in [1.807, 2.05) is 13.8 Å². The average molecular weight is 298 g/mol. The number of ketones is 1. The van der Waals surface area contributed by atoms with Gasteiger partial charge in [0.05, 0.1) is 19.3 Å². The van der Waals surface area contributed by atoms with Crippen LogP contribution in [-0.2, 0) is 14.3 Å². The van der Waals surface area contributed by atoms with E-state index in [4.69, 9.17) is 9.47 Å². The first-order valence-corrected chi connectivity index (χ1v) is 8.02. The van der Waals surface area contributed by atoms with Crippen molar-refractivity contribution < 1.29 is 24.5 Å². The zero-order chi connectivity index (χ0) is 15.3. The van der Waals surface area contributed by atoms with E-state index < -0.39 is 17.5 Å². The summed E-state index contributed by atoms with van der Waals surface area (Å²) in [5, 5.41) is 21.4. The Hall–Kier alpha value is -0.490. The van der Waals surface area contributed by atoms with Crippen LogP contribution >= 0.6 is 0 Å². The maximum absolute atomic E-state index is 12.4. The quantitative estimate of drug-likeness (QED) is 0.823. The number of aliphatic hydroxyl groups is 2. The SMILES string of the molecule is CC1(CCC2(O)C(=O)CCC3(C)C2CC[C@@H]3O)OCCO1. The van der Waals surface area contributed by atoms with Crippen LogP contribution in [-0.4, -0.2) is 46.7 Å². The molecule has 3 rings (SSSR count). The third-order valence-corrected chi connectivity index (χ3v) is 6.09. The van der Waals surface area contributed by atoms with E-state index >= 15 is 0 Å². The van der Waals surface area contributed by atoms with Gasteiger partial charge < -0.3 is 19.7 Å². The molecule has 0 aromatic heterocycles. The Morgan fingerprint density at radius 2 is 1.86 bits per heavy atom. The second-order valence-corrected chi connectivity index (χ2v) is 7.33. The average Bonchev–Trinajstić information content (AvgIpc) is 3.00. The summed E-state index contributed by atoms with van der Waals surface area (Å²) in [6.45, 7) is 4.99. The predicted octanol–water partition coefficient (Wildman–Crippen LogP) is 1.40. The Labute approximate surface area is 125 Å². The van der Waals surface area contributed by atoms with Gasteiger partial charge in [-0.05, 0) is 38.0 Å². The van der Waals surface area contributed by atoms with Crippen LogP contribution in [0.4, 0.5) is 0 Å². The van der Waals surface area contributed by atoms with Crippen molar-refractivity contribution in [1.29, 1.82) is 0 Å². The van der Waals surface area contributed by atoms with Gasteiger partial charge in [-0.25, -0.2) is 0 Å². The zero-order valence-corrected chi connectivity index (χ0v) is 12.9. The third kappa shape index (κ3) is 2.34. The highest BCUT2D eigenvalue weighted by Crippen LogP contribution is 2.56. The van der Waals surface area contributed by atoms with E-state index in [0.29, 0.717) is 51.7 Å². The van der Waals surface area contributed by atoms with E-state index in [1.54, 1.807) is 0 Å². The number of Topliss-reactive ketones (excluding diaryl/α,β-unsaturated/α-hetero) is 1. The zero-order valence-electron chi connectivity index (χ0n) is 12.9. The molecule has 0 bridgehead atoms. The number of carbonyl (C=O) groups excluding carboxylic acids is 1. The van der Waals surface area contributed by atoms with Crippen LogP contribution in [0.3, 0.4) is 0 Å². The molecule has 0 aromatic rings. The fourth-order valence-corrected chi connectivity index (χ4v) is 4.57. The summed E-state index contributed by atoms with van der Waals surface area (Å²) in [6.07, 6.45) is 2.81. The van der Waals surface area contributed by atoms with Gasteiger partial charge in [-0.1, -0.05) is 6.92 Å². The first kappa shape index (κ1) is 15.4. The van der Waals surface area contributed by atoms with Crippen molar-refractivity contribution in [2.75, 3.05) is 13.2 Å². The molecular formula is C16H26O5. The normalized spacial score (nSPS) is 45.8. The van der Waals surface area contributed by atoms with Gasteiger partial charge in [-0.15, -0.1) is 0 Å². The van der Waals surface area contributed by atoms with Crippen molar-refractivity contribution >= 4 is 5.78 Å². The Balaban J connectivity index is 1.78. The number of aliphatic hydroxyl groups excluding tert-OH is 1. The second kappa shape index (κ2) is 5.01. The number of fused-ring (bicyclic) bond motifs is 1. The smallest absolute Gasteiger partial charge is 0.165 e. The van der Waals surface area contributed by atoms with Crippen LogP contribution < -0.4 is 0 Å². The van der Waals surface area contributed by atoms with E-state index in [-0.39, 0.29) is 17.1 Å². The number of carbonyl (C=O) groups is 1. The molecule has 2 N–H and O–H groups in total. The second-order valence-electron chi connectivity index (χ2n) is 7.33. The molecule has 5 heteroatoms. The highest BCUT2D eigenvalue weighted by molar-refractivity contribution is 5.88. The number of hydrogen-bond acceptors (Lipinski definition) is 5. The Kier molecular flexibility index (Phi) is 3.68. The van der Waals surface area contributed by atoms with Gasteiger partial charge in [0.15, 0.2) is 11.6 Å². The Morgan fingerprint density at radius 3 is 2.52 bits per heavy atom. The minimum atomic E-state index is -1.34. The molecule has 120 valence electrons. The molecule has 1 aliphatic heterocycles. The van der Waals surface area contributed by atoms with E-state index in [0.717, 1.165) is 0 Å². The van der Waals surface area contributed by atoms with Gasteiger partial charge in [-0.2, -0.15) is 0 Å². The van der Waals surface area contributed by atoms with Crippen LogP contribution in [0.5, 0.6) is 0 Å². The molecule has 3 unspecified atom stereocenters. The molecule has 0 amide bonds. The standard InChI is InChI=1S/C16H26O5/c1-14-6-5-13(18)16(19,11(14)3-4-12(14)17)8-7-15(2)20-9-10-21-15/h11-12,17,19H,3-10H2,1-2H3/t11?,12-,14?,16?/m0/s1. The first-order valence-electron chi connectivity index (χ1n) is 8.02. The van der Waals surface area contributed by atoms with Gasteiger partial charge in [0.1, 0.15) is 5.60 Å². The molecule has 0 radical (unpaired) electrons. The van der Waals surface area contributed by atoms with Crippen molar-refractivity contribution in [1.82, 2.24) is 0 Å². The fourth-order valence-electron chi connectivity index (χ4n) is 4.57. The van der Waals surface area contributed by atoms with Crippen molar-refractivity contribution in [3.63, 3.8) is 0 Å². The van der Waals surface area contributed by atoms with Crippen LogP contribution in [0.25, 0.3) is 0 Å². The highest BCUT2D eigenvalue weighted by atomic mass is 16.7. The molecule has 0 aromatic carbocycles. The predicted molar refractivity (Wildman–Crippen MR) is 75.6 cm³/mol. The van der Waals surface area contributed by atoms with Crippen LogP contribution in [0.2, 0.25) is 0 Å². The van der Waals surface area contributed by atoms with E-state index in [9.17, 15) is 15.0 Å². The molecule has 2 aliphatic carbocycles. The molecule has 3 fully saturated rings. The molecule has 5 nitrogen and oxygen atoms in total. The van der Waals surface area contributed by atoms with Gasteiger partial charge in [0, 0.05) is 18.8 Å². The third-order valence-electron chi connectivity index (χ3n) is 6.09. The summed E-state index contributed by atoms with van der Waals surface area (Å²) < 4.78 is 11.2. The molecule has 3 aliphatic rings. The van der Waals surface area contributed by atoms with Crippen LogP contribution in [0.1, 0.15) is 52.4 Å². The fraction of sp³-hybridized carbons (Fsp3) is 0.938. The number of hydrogen-bond donors (Lipinski definition) is 2. The lowest BCUT2D eigenvalue weighted by Crippen LogP contribution is -2.56. The van der Waals surface area contributed by atoms with Crippen molar-refractivity contribution in [3.05, 3.63) is 0 Å². The lowest BCUT2D eigenvalue weighted by Gasteiger charge is -2.48. The Morgan fingerprint density at radius 1 is 1.19 bits per heavy atom. The summed E-state index contributed by atoms with van der Waals surface area (Å²) in [6, 6.07) is 0. The maximum atomic E-state index is 12.4. The summed E-state index contributed by atoms with van der Waals surface area (Å²) in [5.41, 5.74) is -1.69. The topological polar surface area (TPSA) is 76.0 Å². The van der Waals surface area contributed by atoms with Crippen LogP contribution in [0, 0.1) is 11.3 Å². The van der Waals surface area contributed by atoms with Crippen molar-refractivity contribution in [2.45, 2.75) is 69.9 Å². The van der Waals surface area contributed by atoms with Gasteiger partial charge in [-0.3, -0.25) is 4.79 Å². The molecule has 2 saturated carbocycles. The first-order chi connectivity index (χ1) is 9.80. The highest BCUT2D eigenvalue weighted by Gasteiger charge is 2.60. The van der Waals surface area contributed by atoms with E-state index in [1.165, 1.54) is 0 Å². The molecule has 1 heterocycles. The van der Waals surface area contributed by atoms with Gasteiger partial charge in [0.2, 0.25) is 0 Å². The van der Waals surface area contributed by atoms with Crippen molar-refractivity contribution in [3.8, 4) is 0 Å². The summed E-state index contributed by atoms with van der Waals surface area (Å²) in [5.74, 6) is -0.937. The van der Waals surface area contributed by atoms with Gasteiger partial charge >= 0.3 is 0 Å². The summed E-state index contributed by atoms with van der Waals surface area (Å²) in [4.78, 5) is 12.4. The molecule has 0 spiro atoms. The minimum absolute atomic E-state index is 0.0827. The van der Waals surface area contributed by atoms with Crippen molar-refractivity contribution in [2.24, 2.45) is 11.3 Å². The van der Waals surface area contributed by atoms with Crippen LogP contribution in [0.15, 0.2) is 0 Å². The number of ether oxygens (including phenoxy) is 2. The van der Waals surface area contributed by atoms with Gasteiger partial charge in [0.25, 0.3) is 0 Å². The lowest BCUT2D eigenvalue weighted by molar-refractivity contribution is -0.180. The van der Waals surface area contributed by atoms with E-state index in [2.05, 4.69) is 0 Å². The summed E-state index contributed by atoms with van der Waals surface area (Å²) in [7, 11) is 0. The number of rotatable bonds is 3. The molecule has 21 heavy (non-hydrogen) atoms. The minimum Gasteiger partial charge on any atom is -0.393 e. The molecule has 4 atom stereocenters. The molecular weight excluding hydrogens is 272 g/mol. The Bertz CT molecular complexity index is 430. The lowest BCUT2D eigenvalue weighted by atomic mass is 9.59. The maximum Gasteiger partial charge on any atom is 0.165 e. The largest absolute Gasteiger partial charge is 0.393 e. The molecule has 1 saturated heterocycles.